The molecule has 0 radical (unpaired) electrons. The maximum atomic E-state index is 13.9. The van der Waals surface area contributed by atoms with Crippen LogP contribution in [0.15, 0.2) is 29.3 Å². The maximum Gasteiger partial charge on any atom is 0.333 e. The lowest BCUT2D eigenvalue weighted by Crippen LogP contribution is -2.56. The molecule has 3 rings (SSSR count). The number of nitrogens with zero attached hydrogens (tertiary/aromatic N) is 3. The average molecular weight is 446 g/mol. The lowest BCUT2D eigenvalue weighted by atomic mass is 9.68. The number of rotatable bonds is 9. The molecule has 1 aliphatic heterocycles. The monoisotopic (exact) mass is 445 g/mol. The van der Waals surface area contributed by atoms with E-state index in [0.29, 0.717) is 18.3 Å². The van der Waals surface area contributed by atoms with E-state index in [1.54, 1.807) is 12.1 Å². The van der Waals surface area contributed by atoms with E-state index in [0.717, 1.165) is 44.2 Å². The number of halogens is 1. The SMILES string of the molecule is CCCN1C=NC(CC(C)C)(C(=O)O)C1C1CCC(C(c2cccc(F)c2)N(C)C)CC1. The van der Waals surface area contributed by atoms with Gasteiger partial charge in [-0.1, -0.05) is 32.9 Å². The smallest absolute Gasteiger partial charge is 0.333 e. The van der Waals surface area contributed by atoms with Gasteiger partial charge in [-0.3, -0.25) is 4.99 Å². The van der Waals surface area contributed by atoms with Crippen molar-refractivity contribution < 1.29 is 14.3 Å². The standard InChI is InChI=1S/C26H40FN3O2/c1-6-14-30-17-28-26(25(31)32,16-18(2)3)24(30)20-12-10-19(11-13-20)23(29(4)5)21-8-7-9-22(27)15-21/h7-9,15,17-20,23-24H,6,10-14,16H2,1-5H3,(H,31,32). The van der Waals surface area contributed by atoms with Crippen LogP contribution in [0, 0.1) is 23.6 Å². The summed E-state index contributed by atoms with van der Waals surface area (Å²) >= 11 is 0. The van der Waals surface area contributed by atoms with Crippen molar-refractivity contribution in [3.05, 3.63) is 35.6 Å². The molecule has 0 bridgehead atoms. The third kappa shape index (κ3) is 5.00. The second-order valence-corrected chi connectivity index (χ2v) is 10.4. The van der Waals surface area contributed by atoms with Crippen molar-refractivity contribution in [2.45, 2.75) is 76.9 Å². The van der Waals surface area contributed by atoms with Crippen molar-refractivity contribution in [1.29, 1.82) is 0 Å². The Morgan fingerprint density at radius 1 is 1.28 bits per heavy atom. The normalized spacial score (nSPS) is 29.1. The summed E-state index contributed by atoms with van der Waals surface area (Å²) in [4.78, 5) is 21.6. The Bertz CT molecular complexity index is 804. The number of carboxylic acids is 1. The second kappa shape index (κ2) is 10.3. The Hall–Kier alpha value is -1.95. The van der Waals surface area contributed by atoms with Gasteiger partial charge in [0.25, 0.3) is 0 Å². The molecule has 3 atom stereocenters. The van der Waals surface area contributed by atoms with Crippen LogP contribution in [0.2, 0.25) is 0 Å². The van der Waals surface area contributed by atoms with Crippen LogP contribution in [0.1, 0.15) is 70.9 Å². The summed E-state index contributed by atoms with van der Waals surface area (Å²) in [6.45, 7) is 7.13. The van der Waals surface area contributed by atoms with Crippen LogP contribution in [-0.4, -0.2) is 59.4 Å². The topological polar surface area (TPSA) is 56.1 Å². The predicted molar refractivity (Wildman–Crippen MR) is 127 cm³/mol. The lowest BCUT2D eigenvalue weighted by molar-refractivity contribution is -0.146. The van der Waals surface area contributed by atoms with Crippen LogP contribution < -0.4 is 0 Å². The van der Waals surface area contributed by atoms with Crippen molar-refractivity contribution in [2.24, 2.45) is 22.7 Å². The molecule has 3 unspecified atom stereocenters. The van der Waals surface area contributed by atoms with E-state index in [2.05, 4.69) is 49.7 Å². The third-order valence-corrected chi connectivity index (χ3v) is 7.31. The minimum atomic E-state index is -1.05. The molecule has 178 valence electrons. The number of carboxylic acid groups (broad SMARTS) is 1. The molecule has 0 spiro atoms. The van der Waals surface area contributed by atoms with Crippen LogP contribution in [-0.2, 0) is 4.79 Å². The number of carbonyl (C=O) groups is 1. The highest BCUT2D eigenvalue weighted by atomic mass is 19.1. The highest BCUT2D eigenvalue weighted by molar-refractivity contribution is 5.85. The molecule has 6 heteroatoms. The van der Waals surface area contributed by atoms with Crippen LogP contribution in [0.25, 0.3) is 0 Å². The summed E-state index contributed by atoms with van der Waals surface area (Å²) in [6, 6.07) is 7.04. The minimum absolute atomic E-state index is 0.0877. The molecule has 2 aliphatic rings. The molecule has 1 aromatic carbocycles. The summed E-state index contributed by atoms with van der Waals surface area (Å²) in [5.74, 6) is -0.00469. The fraction of sp³-hybridized carbons (Fsp3) is 0.692. The predicted octanol–water partition coefficient (Wildman–Crippen LogP) is 5.23. The molecule has 1 heterocycles. The van der Waals surface area contributed by atoms with Gasteiger partial charge >= 0.3 is 5.97 Å². The first-order valence-electron chi connectivity index (χ1n) is 12.2. The van der Waals surface area contributed by atoms with Gasteiger partial charge in [0.1, 0.15) is 5.82 Å². The molecule has 0 saturated heterocycles. The van der Waals surface area contributed by atoms with Gasteiger partial charge in [0.2, 0.25) is 0 Å². The van der Waals surface area contributed by atoms with Crippen LogP contribution in [0.4, 0.5) is 4.39 Å². The van der Waals surface area contributed by atoms with Crippen molar-refractivity contribution in [2.75, 3.05) is 20.6 Å². The number of aliphatic imine (C=N–C) groups is 1. The van der Waals surface area contributed by atoms with Crippen molar-refractivity contribution >= 4 is 12.3 Å². The van der Waals surface area contributed by atoms with E-state index >= 15 is 0 Å². The van der Waals surface area contributed by atoms with Crippen molar-refractivity contribution in [1.82, 2.24) is 9.80 Å². The van der Waals surface area contributed by atoms with E-state index in [-0.39, 0.29) is 23.8 Å². The van der Waals surface area contributed by atoms with Crippen molar-refractivity contribution in [3.8, 4) is 0 Å². The first-order chi connectivity index (χ1) is 15.2. The average Bonchev–Trinajstić information content (AvgIpc) is 3.07. The Morgan fingerprint density at radius 2 is 1.97 bits per heavy atom. The molecule has 32 heavy (non-hydrogen) atoms. The zero-order chi connectivity index (χ0) is 23.5. The maximum absolute atomic E-state index is 13.9. The second-order valence-electron chi connectivity index (χ2n) is 10.4. The molecule has 5 nitrogen and oxygen atoms in total. The number of benzene rings is 1. The van der Waals surface area contributed by atoms with Crippen molar-refractivity contribution in [3.63, 3.8) is 0 Å². The molecule has 1 fully saturated rings. The fourth-order valence-corrected chi connectivity index (χ4v) is 6.24. The largest absolute Gasteiger partial charge is 0.479 e. The molecule has 1 aliphatic carbocycles. The zero-order valence-electron chi connectivity index (χ0n) is 20.3. The molecule has 1 saturated carbocycles. The molecular formula is C26H40FN3O2. The van der Waals surface area contributed by atoms with E-state index in [9.17, 15) is 14.3 Å². The third-order valence-electron chi connectivity index (χ3n) is 7.31. The summed E-state index contributed by atoms with van der Waals surface area (Å²) in [7, 11) is 4.13. The van der Waals surface area contributed by atoms with Gasteiger partial charge in [-0.2, -0.15) is 0 Å². The van der Waals surface area contributed by atoms with Gasteiger partial charge in [0.15, 0.2) is 5.54 Å². The molecule has 1 aromatic rings. The zero-order valence-corrected chi connectivity index (χ0v) is 20.3. The number of aliphatic carboxylic acids is 1. The van der Waals surface area contributed by atoms with E-state index < -0.39 is 11.5 Å². The Balaban J connectivity index is 1.81. The minimum Gasteiger partial charge on any atom is -0.479 e. The Kier molecular flexibility index (Phi) is 7.97. The van der Waals surface area contributed by atoms with Gasteiger partial charge in [-0.15, -0.1) is 0 Å². The van der Waals surface area contributed by atoms with Gasteiger partial charge in [-0.05, 0) is 88.1 Å². The quantitative estimate of drug-likeness (QED) is 0.566. The lowest BCUT2D eigenvalue weighted by Gasteiger charge is -2.44. The Morgan fingerprint density at radius 3 is 2.50 bits per heavy atom. The summed E-state index contributed by atoms with van der Waals surface area (Å²) in [5, 5.41) is 10.3. The van der Waals surface area contributed by atoms with Crippen LogP contribution in [0.3, 0.4) is 0 Å². The van der Waals surface area contributed by atoms with Gasteiger partial charge in [0.05, 0.1) is 12.4 Å². The summed E-state index contributed by atoms with van der Waals surface area (Å²) in [5.41, 5.74) is -0.0281. The number of hydrogen-bond donors (Lipinski definition) is 1. The van der Waals surface area contributed by atoms with E-state index in [4.69, 9.17) is 0 Å². The highest BCUT2D eigenvalue weighted by Gasteiger charge is 2.54. The molecule has 1 N–H and O–H groups in total. The van der Waals surface area contributed by atoms with E-state index in [1.807, 2.05) is 12.4 Å². The first-order valence-corrected chi connectivity index (χ1v) is 12.2. The summed E-state index contributed by atoms with van der Waals surface area (Å²) < 4.78 is 13.9. The molecular weight excluding hydrogens is 405 g/mol. The Labute approximate surface area is 192 Å². The van der Waals surface area contributed by atoms with E-state index in [1.165, 1.54) is 6.07 Å². The molecule has 0 amide bonds. The van der Waals surface area contributed by atoms with Gasteiger partial charge < -0.3 is 14.9 Å². The highest BCUT2D eigenvalue weighted by Crippen LogP contribution is 2.46. The molecule has 0 aromatic heterocycles. The van der Waals surface area contributed by atoms with Crippen LogP contribution in [0.5, 0.6) is 0 Å². The van der Waals surface area contributed by atoms with Gasteiger partial charge in [0, 0.05) is 12.6 Å². The van der Waals surface area contributed by atoms with Gasteiger partial charge in [-0.25, -0.2) is 9.18 Å². The first kappa shape index (κ1) is 24.7. The number of hydrogen-bond acceptors (Lipinski definition) is 4. The summed E-state index contributed by atoms with van der Waals surface area (Å²) in [6.07, 6.45) is 7.32. The fourth-order valence-electron chi connectivity index (χ4n) is 6.24. The van der Waals surface area contributed by atoms with Crippen LogP contribution >= 0.6 is 0 Å².